The van der Waals surface area contributed by atoms with Crippen LogP contribution in [0.1, 0.15) is 33.6 Å². The third kappa shape index (κ3) is 3.40. The van der Waals surface area contributed by atoms with Crippen LogP contribution in [0.2, 0.25) is 0 Å². The van der Waals surface area contributed by atoms with Crippen molar-refractivity contribution >= 4 is 0 Å². The van der Waals surface area contributed by atoms with E-state index in [1.807, 2.05) is 0 Å². The van der Waals surface area contributed by atoms with E-state index in [9.17, 15) is 0 Å². The van der Waals surface area contributed by atoms with Crippen LogP contribution < -0.4 is 5.32 Å². The average Bonchev–Trinajstić information content (AvgIpc) is 2.80. The van der Waals surface area contributed by atoms with Gasteiger partial charge in [-0.15, -0.1) is 0 Å². The molecule has 0 unspecified atom stereocenters. The molecule has 1 fully saturated rings. The second-order valence-electron chi connectivity index (χ2n) is 4.01. The highest BCUT2D eigenvalue weighted by atomic mass is 14.8. The van der Waals surface area contributed by atoms with Crippen LogP contribution in [0.4, 0.5) is 0 Å². The molecule has 0 bridgehead atoms. The van der Waals surface area contributed by atoms with E-state index >= 15 is 0 Å². The Bertz CT molecular complexity index is 154. The lowest BCUT2D eigenvalue weighted by Crippen LogP contribution is -2.18. The summed E-state index contributed by atoms with van der Waals surface area (Å²) in [5.74, 6) is 1.63. The predicted octanol–water partition coefficient (Wildman–Crippen LogP) is 2.59. The number of rotatable bonds is 5. The lowest BCUT2D eigenvalue weighted by Gasteiger charge is -2.11. The zero-order chi connectivity index (χ0) is 8.97. The van der Waals surface area contributed by atoms with E-state index in [1.54, 1.807) is 5.57 Å². The van der Waals surface area contributed by atoms with Crippen molar-refractivity contribution in [3.63, 3.8) is 0 Å². The zero-order valence-corrected chi connectivity index (χ0v) is 8.56. The van der Waals surface area contributed by atoms with Gasteiger partial charge in [-0.3, -0.25) is 0 Å². The first-order valence-corrected chi connectivity index (χ1v) is 5.15. The van der Waals surface area contributed by atoms with Gasteiger partial charge in [-0.2, -0.15) is 0 Å². The van der Waals surface area contributed by atoms with Crippen molar-refractivity contribution in [2.24, 2.45) is 11.8 Å². The number of allylic oxidation sites excluding steroid dienone is 1. The van der Waals surface area contributed by atoms with E-state index in [4.69, 9.17) is 0 Å². The van der Waals surface area contributed by atoms with Crippen LogP contribution in [0.5, 0.6) is 0 Å². The fourth-order valence-corrected chi connectivity index (χ4v) is 1.29. The molecule has 1 N–H and O–H groups in total. The van der Waals surface area contributed by atoms with Crippen LogP contribution in [0.15, 0.2) is 11.6 Å². The van der Waals surface area contributed by atoms with Gasteiger partial charge in [-0.1, -0.05) is 32.4 Å². The second kappa shape index (κ2) is 4.66. The minimum absolute atomic E-state index is 0.713. The van der Waals surface area contributed by atoms with Crippen LogP contribution in [0.25, 0.3) is 0 Å². The van der Waals surface area contributed by atoms with Crippen molar-refractivity contribution < 1.29 is 0 Å². The van der Waals surface area contributed by atoms with Crippen molar-refractivity contribution in [2.75, 3.05) is 13.1 Å². The van der Waals surface area contributed by atoms with Crippen molar-refractivity contribution in [1.82, 2.24) is 5.32 Å². The Morgan fingerprint density at radius 1 is 1.50 bits per heavy atom. The van der Waals surface area contributed by atoms with Gasteiger partial charge in [0, 0.05) is 6.54 Å². The molecule has 1 rings (SSSR count). The first kappa shape index (κ1) is 9.79. The third-order valence-electron chi connectivity index (χ3n) is 2.39. The summed E-state index contributed by atoms with van der Waals surface area (Å²) in [6, 6.07) is 0. The monoisotopic (exact) mass is 167 g/mol. The molecule has 1 saturated carbocycles. The number of likely N-dealkylation sites (N-methyl/N-ethyl adjacent to an activating group) is 1. The summed E-state index contributed by atoms with van der Waals surface area (Å²) in [5, 5.41) is 3.39. The molecule has 0 aromatic rings. The van der Waals surface area contributed by atoms with Crippen molar-refractivity contribution in [1.29, 1.82) is 0 Å². The van der Waals surface area contributed by atoms with Gasteiger partial charge in [0.25, 0.3) is 0 Å². The van der Waals surface area contributed by atoms with E-state index < -0.39 is 0 Å². The molecule has 12 heavy (non-hydrogen) atoms. The Kier molecular flexibility index (Phi) is 3.80. The molecular weight excluding hydrogens is 146 g/mol. The lowest BCUT2D eigenvalue weighted by atomic mass is 10.0. The highest BCUT2D eigenvalue weighted by Gasteiger charge is 2.19. The minimum atomic E-state index is 0.713. The lowest BCUT2D eigenvalue weighted by molar-refractivity contribution is 0.670. The SMILES string of the molecule is CCNCC(=CC1CC1)C(C)C. The van der Waals surface area contributed by atoms with Gasteiger partial charge >= 0.3 is 0 Å². The Balaban J connectivity index is 2.36. The van der Waals surface area contributed by atoms with Crippen LogP contribution >= 0.6 is 0 Å². The summed E-state index contributed by atoms with van der Waals surface area (Å²) in [6.45, 7) is 8.89. The molecule has 0 spiro atoms. The van der Waals surface area contributed by atoms with Gasteiger partial charge in [0.1, 0.15) is 0 Å². The predicted molar refractivity (Wildman–Crippen MR) is 54.2 cm³/mol. The first-order chi connectivity index (χ1) is 5.74. The Morgan fingerprint density at radius 3 is 2.58 bits per heavy atom. The minimum Gasteiger partial charge on any atom is -0.313 e. The Labute approximate surface area is 76.2 Å². The van der Waals surface area contributed by atoms with E-state index in [2.05, 4.69) is 32.2 Å². The summed E-state index contributed by atoms with van der Waals surface area (Å²) in [4.78, 5) is 0. The molecule has 1 nitrogen and oxygen atoms in total. The summed E-state index contributed by atoms with van der Waals surface area (Å²) in [6.07, 6.45) is 5.32. The maximum absolute atomic E-state index is 3.39. The first-order valence-electron chi connectivity index (χ1n) is 5.15. The summed E-state index contributed by atoms with van der Waals surface area (Å²) >= 11 is 0. The van der Waals surface area contributed by atoms with Gasteiger partial charge in [0.2, 0.25) is 0 Å². The number of nitrogens with one attached hydrogen (secondary N) is 1. The van der Waals surface area contributed by atoms with Gasteiger partial charge in [-0.25, -0.2) is 0 Å². The molecule has 0 radical (unpaired) electrons. The van der Waals surface area contributed by atoms with Crippen LogP contribution in [0.3, 0.4) is 0 Å². The Hall–Kier alpha value is -0.300. The van der Waals surface area contributed by atoms with E-state index in [-0.39, 0.29) is 0 Å². The number of hydrogen-bond acceptors (Lipinski definition) is 1. The quantitative estimate of drug-likeness (QED) is 0.621. The summed E-state index contributed by atoms with van der Waals surface area (Å²) < 4.78 is 0. The largest absolute Gasteiger partial charge is 0.313 e. The molecule has 1 aliphatic rings. The highest BCUT2D eigenvalue weighted by molar-refractivity contribution is 5.11. The molecule has 0 amide bonds. The molecule has 0 aromatic carbocycles. The van der Waals surface area contributed by atoms with Gasteiger partial charge in [-0.05, 0) is 31.2 Å². The molecule has 70 valence electrons. The maximum atomic E-state index is 3.39. The fourth-order valence-electron chi connectivity index (χ4n) is 1.29. The van der Waals surface area contributed by atoms with E-state index in [0.717, 1.165) is 19.0 Å². The maximum Gasteiger partial charge on any atom is 0.0167 e. The smallest absolute Gasteiger partial charge is 0.0167 e. The van der Waals surface area contributed by atoms with E-state index in [1.165, 1.54) is 12.8 Å². The van der Waals surface area contributed by atoms with Crippen LogP contribution in [0, 0.1) is 11.8 Å². The van der Waals surface area contributed by atoms with Crippen molar-refractivity contribution in [3.8, 4) is 0 Å². The molecule has 0 saturated heterocycles. The summed E-state index contributed by atoms with van der Waals surface area (Å²) in [7, 11) is 0. The van der Waals surface area contributed by atoms with Crippen LogP contribution in [-0.4, -0.2) is 13.1 Å². The molecule has 1 aliphatic carbocycles. The van der Waals surface area contributed by atoms with E-state index in [0.29, 0.717) is 5.92 Å². The van der Waals surface area contributed by atoms with Crippen molar-refractivity contribution in [2.45, 2.75) is 33.6 Å². The average molecular weight is 167 g/mol. The van der Waals surface area contributed by atoms with Crippen molar-refractivity contribution in [3.05, 3.63) is 11.6 Å². The topological polar surface area (TPSA) is 12.0 Å². The highest BCUT2D eigenvalue weighted by Crippen LogP contribution is 2.32. The van der Waals surface area contributed by atoms with Crippen LogP contribution in [-0.2, 0) is 0 Å². The Morgan fingerprint density at radius 2 is 2.17 bits per heavy atom. The molecular formula is C11H21N. The fraction of sp³-hybridized carbons (Fsp3) is 0.818. The molecule has 0 aromatic heterocycles. The second-order valence-corrected chi connectivity index (χ2v) is 4.01. The van der Waals surface area contributed by atoms with Gasteiger partial charge in [0.15, 0.2) is 0 Å². The zero-order valence-electron chi connectivity index (χ0n) is 8.56. The summed E-state index contributed by atoms with van der Waals surface area (Å²) in [5.41, 5.74) is 1.60. The van der Waals surface area contributed by atoms with Gasteiger partial charge < -0.3 is 5.32 Å². The number of hydrogen-bond donors (Lipinski definition) is 1. The molecule has 0 aliphatic heterocycles. The normalized spacial score (nSPS) is 18.8. The molecule has 1 heteroatoms. The third-order valence-corrected chi connectivity index (χ3v) is 2.39. The van der Waals surface area contributed by atoms with Gasteiger partial charge in [0.05, 0.1) is 0 Å². The standard InChI is InChI=1S/C11H21N/c1-4-12-8-11(9(2)3)7-10-5-6-10/h7,9-10,12H,4-6,8H2,1-3H3. The molecule has 0 atom stereocenters. The molecule has 0 heterocycles.